The molecule has 1 heterocycles. The average molecular weight is 895 g/mol. The molecule has 11 aromatic carbocycles. The van der Waals surface area contributed by atoms with Gasteiger partial charge in [0, 0.05) is 39.1 Å². The number of para-hydroxylation sites is 5. The molecule has 0 spiro atoms. The minimum Gasteiger partial charge on any atom is -0.455 e. The van der Waals surface area contributed by atoms with E-state index < -0.39 is 5.41 Å². The van der Waals surface area contributed by atoms with Crippen LogP contribution in [0.1, 0.15) is 22.3 Å². The van der Waals surface area contributed by atoms with Crippen molar-refractivity contribution < 1.29 is 4.42 Å². The third-order valence-corrected chi connectivity index (χ3v) is 14.1. The molecule has 1 aliphatic rings. The summed E-state index contributed by atoms with van der Waals surface area (Å²) in [7, 11) is 0. The first kappa shape index (κ1) is 41.0. The van der Waals surface area contributed by atoms with Crippen LogP contribution in [-0.2, 0) is 5.41 Å². The molecule has 330 valence electrons. The van der Waals surface area contributed by atoms with Gasteiger partial charge in [-0.05, 0) is 99.6 Å². The Labute approximate surface area is 408 Å². The van der Waals surface area contributed by atoms with Gasteiger partial charge >= 0.3 is 0 Å². The van der Waals surface area contributed by atoms with E-state index in [4.69, 9.17) is 4.42 Å². The molecule has 13 rings (SSSR count). The van der Waals surface area contributed by atoms with Gasteiger partial charge in [0.05, 0.1) is 27.9 Å². The maximum Gasteiger partial charge on any atom is 0.145 e. The number of hydrogen-bond donors (Lipinski definition) is 0. The Morgan fingerprint density at radius 1 is 0.314 bits per heavy atom. The number of anilines is 6. The number of hydrogen-bond acceptors (Lipinski definition) is 3. The molecule has 70 heavy (non-hydrogen) atoms. The molecule has 0 saturated carbocycles. The van der Waals surface area contributed by atoms with Gasteiger partial charge in [0.2, 0.25) is 0 Å². The van der Waals surface area contributed by atoms with E-state index in [2.05, 4.69) is 289 Å². The Hall–Kier alpha value is -9.18. The molecule has 0 radical (unpaired) electrons. The van der Waals surface area contributed by atoms with Crippen LogP contribution in [0.2, 0.25) is 0 Å². The van der Waals surface area contributed by atoms with Gasteiger partial charge in [0.1, 0.15) is 11.2 Å². The van der Waals surface area contributed by atoms with Gasteiger partial charge < -0.3 is 14.2 Å². The third kappa shape index (κ3) is 6.58. The molecular formula is C67H46N2O. The topological polar surface area (TPSA) is 19.6 Å². The molecule has 0 saturated heterocycles. The zero-order chi connectivity index (χ0) is 46.4. The predicted molar refractivity (Wildman–Crippen MR) is 291 cm³/mol. The summed E-state index contributed by atoms with van der Waals surface area (Å²) in [6.45, 7) is 0. The van der Waals surface area contributed by atoms with E-state index in [0.717, 1.165) is 95.0 Å². The molecular weight excluding hydrogens is 849 g/mol. The van der Waals surface area contributed by atoms with Crippen LogP contribution in [-0.4, -0.2) is 0 Å². The second kappa shape index (κ2) is 17.2. The van der Waals surface area contributed by atoms with Crippen molar-refractivity contribution >= 4 is 56.1 Å². The Bertz CT molecular complexity index is 3770. The maximum atomic E-state index is 7.34. The van der Waals surface area contributed by atoms with Gasteiger partial charge in [-0.1, -0.05) is 218 Å². The Morgan fingerprint density at radius 2 is 0.771 bits per heavy atom. The normalized spacial score (nSPS) is 12.4. The standard InChI is InChI=1S/C67H46N2O/c1-7-25-47(26-8-1)54-37-19-22-40-60(54)68(51-33-15-5-16-34-51)53-43-44-56-58(45-53)67(49-29-11-3-12-30-49,50-31-13-4-14-32-50)59-46-62(65-57-39-21-24-42-63(57)70-66(65)64(56)59)69(52-35-17-6-18-36-52)61-41-23-20-38-55(61)48-27-9-2-10-28-48/h1-46H. The number of benzene rings is 11. The fraction of sp³-hybridized carbons (Fsp3) is 0.0149. The molecule has 0 aliphatic heterocycles. The molecule has 0 atom stereocenters. The minimum atomic E-state index is -0.784. The second-order valence-electron chi connectivity index (χ2n) is 17.9. The smallest absolute Gasteiger partial charge is 0.145 e. The van der Waals surface area contributed by atoms with E-state index in [1.165, 1.54) is 16.7 Å². The summed E-state index contributed by atoms with van der Waals surface area (Å²) in [5.74, 6) is 0. The molecule has 1 aliphatic carbocycles. The summed E-state index contributed by atoms with van der Waals surface area (Å²) >= 11 is 0. The summed E-state index contributed by atoms with van der Waals surface area (Å²) in [5, 5.41) is 2.13. The number of fused-ring (bicyclic) bond motifs is 7. The lowest BCUT2D eigenvalue weighted by Crippen LogP contribution is -2.29. The molecule has 0 fully saturated rings. The minimum absolute atomic E-state index is 0.784. The fourth-order valence-electron chi connectivity index (χ4n) is 11.2. The van der Waals surface area contributed by atoms with E-state index in [0.29, 0.717) is 0 Å². The number of furan rings is 1. The first-order chi connectivity index (χ1) is 34.8. The second-order valence-corrected chi connectivity index (χ2v) is 17.9. The van der Waals surface area contributed by atoms with Crippen molar-refractivity contribution in [2.45, 2.75) is 5.41 Å². The molecule has 0 amide bonds. The van der Waals surface area contributed by atoms with Crippen LogP contribution in [0, 0.1) is 0 Å². The van der Waals surface area contributed by atoms with Gasteiger partial charge in [-0.15, -0.1) is 0 Å². The van der Waals surface area contributed by atoms with E-state index in [1.807, 2.05) is 0 Å². The van der Waals surface area contributed by atoms with E-state index in [-0.39, 0.29) is 0 Å². The van der Waals surface area contributed by atoms with Gasteiger partial charge in [-0.2, -0.15) is 0 Å². The van der Waals surface area contributed by atoms with Crippen molar-refractivity contribution in [3.63, 3.8) is 0 Å². The van der Waals surface area contributed by atoms with Gasteiger partial charge in [-0.3, -0.25) is 0 Å². The van der Waals surface area contributed by atoms with Crippen LogP contribution < -0.4 is 9.80 Å². The third-order valence-electron chi connectivity index (χ3n) is 14.1. The molecule has 12 aromatic rings. The van der Waals surface area contributed by atoms with Crippen LogP contribution in [0.25, 0.3) is 55.3 Å². The summed E-state index contributed by atoms with van der Waals surface area (Å²) in [5.41, 5.74) is 18.8. The monoisotopic (exact) mass is 894 g/mol. The largest absolute Gasteiger partial charge is 0.455 e. The molecule has 1 aromatic heterocycles. The highest BCUT2D eigenvalue weighted by atomic mass is 16.3. The fourth-order valence-corrected chi connectivity index (χ4v) is 11.2. The van der Waals surface area contributed by atoms with Crippen molar-refractivity contribution in [2.75, 3.05) is 9.80 Å². The molecule has 0 unspecified atom stereocenters. The van der Waals surface area contributed by atoms with Crippen molar-refractivity contribution in [3.8, 4) is 33.4 Å². The summed E-state index contributed by atoms with van der Waals surface area (Å²) in [4.78, 5) is 4.88. The predicted octanol–water partition coefficient (Wildman–Crippen LogP) is 18.2. The van der Waals surface area contributed by atoms with Crippen LogP contribution in [0.3, 0.4) is 0 Å². The number of nitrogens with zero attached hydrogens (tertiary/aromatic N) is 2. The van der Waals surface area contributed by atoms with Crippen molar-refractivity contribution in [1.82, 2.24) is 0 Å². The lowest BCUT2D eigenvalue weighted by atomic mass is 9.67. The van der Waals surface area contributed by atoms with Crippen LogP contribution in [0.4, 0.5) is 34.1 Å². The Kier molecular flexibility index (Phi) is 10.1. The lowest BCUT2D eigenvalue weighted by Gasteiger charge is -2.36. The van der Waals surface area contributed by atoms with E-state index in [1.54, 1.807) is 0 Å². The lowest BCUT2D eigenvalue weighted by molar-refractivity contribution is 0.669. The highest BCUT2D eigenvalue weighted by molar-refractivity contribution is 6.19. The molecule has 0 bridgehead atoms. The van der Waals surface area contributed by atoms with Crippen LogP contribution in [0.5, 0.6) is 0 Å². The maximum absolute atomic E-state index is 7.34. The quantitative estimate of drug-likeness (QED) is 0.136. The van der Waals surface area contributed by atoms with Gasteiger partial charge in [0.15, 0.2) is 0 Å². The summed E-state index contributed by atoms with van der Waals surface area (Å²) < 4.78 is 7.34. The van der Waals surface area contributed by atoms with Gasteiger partial charge in [0.25, 0.3) is 0 Å². The highest BCUT2D eigenvalue weighted by Gasteiger charge is 2.49. The van der Waals surface area contributed by atoms with Crippen LogP contribution >= 0.6 is 0 Å². The SMILES string of the molecule is c1ccc(-c2ccccc2N(c2ccccc2)c2ccc3c(c2)C(c2ccccc2)(c2ccccc2)c2cc(N(c4ccccc4)c4ccccc4-c4ccccc4)c4c(oc5ccccc54)c2-3)cc1. The van der Waals surface area contributed by atoms with E-state index in [9.17, 15) is 0 Å². The average Bonchev–Trinajstić information content (AvgIpc) is 3.97. The first-order valence-electron chi connectivity index (χ1n) is 24.0. The zero-order valence-corrected chi connectivity index (χ0v) is 38.4. The van der Waals surface area contributed by atoms with Crippen molar-refractivity contribution in [1.29, 1.82) is 0 Å². The first-order valence-corrected chi connectivity index (χ1v) is 24.0. The Morgan fingerprint density at radius 3 is 1.34 bits per heavy atom. The van der Waals surface area contributed by atoms with Crippen molar-refractivity contribution in [3.05, 3.63) is 301 Å². The molecule has 3 heteroatoms. The van der Waals surface area contributed by atoms with E-state index >= 15 is 0 Å². The highest BCUT2D eigenvalue weighted by Crippen LogP contribution is 2.62. The van der Waals surface area contributed by atoms with Gasteiger partial charge in [-0.25, -0.2) is 0 Å². The Balaban J connectivity index is 1.16. The summed E-state index contributed by atoms with van der Waals surface area (Å²) in [6, 6.07) is 101. The van der Waals surface area contributed by atoms with Crippen molar-refractivity contribution in [2.24, 2.45) is 0 Å². The molecule has 0 N–H and O–H groups in total. The zero-order valence-electron chi connectivity index (χ0n) is 38.4. The molecule has 3 nitrogen and oxygen atoms in total. The van der Waals surface area contributed by atoms with Crippen LogP contribution in [0.15, 0.2) is 283 Å². The number of rotatable bonds is 10. The summed E-state index contributed by atoms with van der Waals surface area (Å²) in [6.07, 6.45) is 0.